The zero-order valence-corrected chi connectivity index (χ0v) is 26.9. The number of carbonyl (C=O) groups excluding carboxylic acids is 2. The molecule has 0 spiro atoms. The second-order valence-corrected chi connectivity index (χ2v) is 11.5. The van der Waals surface area contributed by atoms with Gasteiger partial charge < -0.3 is 39.5 Å². The maximum atomic E-state index is 13.0. The van der Waals surface area contributed by atoms with Crippen LogP contribution in [0.4, 0.5) is 10.9 Å². The van der Waals surface area contributed by atoms with Gasteiger partial charge in [0.1, 0.15) is 27.8 Å². The average Bonchev–Trinajstić information content (AvgIpc) is 3.56. The number of amides is 1. The number of ether oxygens (including phenoxy) is 4. The summed E-state index contributed by atoms with van der Waals surface area (Å²) in [5.74, 6) is -0.331. The highest BCUT2D eigenvalue weighted by atomic mass is 35.5. The van der Waals surface area contributed by atoms with Gasteiger partial charge in [0.25, 0.3) is 5.91 Å². The van der Waals surface area contributed by atoms with E-state index in [2.05, 4.69) is 25.6 Å². The minimum Gasteiger partial charge on any atom is -0.462 e. The van der Waals surface area contributed by atoms with Crippen molar-refractivity contribution in [2.45, 2.75) is 38.5 Å². The predicted octanol–water partition coefficient (Wildman–Crippen LogP) is 3.82. The van der Waals surface area contributed by atoms with Gasteiger partial charge in [0.05, 0.1) is 60.4 Å². The van der Waals surface area contributed by atoms with Crippen molar-refractivity contribution in [3.8, 4) is 11.4 Å². The minimum atomic E-state index is -0.493. The van der Waals surface area contributed by atoms with Crippen molar-refractivity contribution in [3.05, 3.63) is 38.7 Å². The molecule has 16 heteroatoms. The first-order chi connectivity index (χ1) is 20.7. The lowest BCUT2D eigenvalue weighted by atomic mass is 10.0. The summed E-state index contributed by atoms with van der Waals surface area (Å²) in [5, 5.41) is 7.33. The fraction of sp³-hybridized carbons (Fsp3) is 0.519. The second kappa shape index (κ2) is 15.1. The molecule has 13 nitrogen and oxygen atoms in total. The van der Waals surface area contributed by atoms with Gasteiger partial charge in [-0.25, -0.2) is 19.7 Å². The number of hydrogen-bond acceptors (Lipinski definition) is 12. The van der Waals surface area contributed by atoms with Gasteiger partial charge in [-0.3, -0.25) is 4.79 Å². The quantitative estimate of drug-likeness (QED) is 0.230. The molecule has 1 fully saturated rings. The van der Waals surface area contributed by atoms with Gasteiger partial charge in [0, 0.05) is 40.1 Å². The van der Waals surface area contributed by atoms with Crippen molar-refractivity contribution in [2.75, 3.05) is 64.5 Å². The number of halogens is 2. The number of aromatic nitrogens is 4. The molecule has 3 aromatic heterocycles. The number of nitrogens with zero attached hydrogens (tertiary/aromatic N) is 4. The lowest BCUT2D eigenvalue weighted by Gasteiger charge is -2.37. The number of rotatable bonds is 13. The summed E-state index contributed by atoms with van der Waals surface area (Å²) in [7, 11) is 4.81. The van der Waals surface area contributed by atoms with Crippen LogP contribution in [0.25, 0.3) is 11.4 Å². The third kappa shape index (κ3) is 7.75. The van der Waals surface area contributed by atoms with E-state index in [0.717, 1.165) is 0 Å². The number of aromatic amines is 1. The molecule has 0 aromatic carbocycles. The van der Waals surface area contributed by atoms with Crippen LogP contribution in [0.2, 0.25) is 10.0 Å². The van der Waals surface area contributed by atoms with Gasteiger partial charge in [-0.05, 0) is 20.3 Å². The molecule has 43 heavy (non-hydrogen) atoms. The van der Waals surface area contributed by atoms with Crippen LogP contribution in [0.3, 0.4) is 0 Å². The van der Waals surface area contributed by atoms with Gasteiger partial charge >= 0.3 is 5.97 Å². The number of piperidine rings is 1. The molecule has 0 unspecified atom stereocenters. The Balaban J connectivity index is 1.52. The Kier molecular flexibility index (Phi) is 11.6. The number of aryl methyl sites for hydroxylation is 1. The molecule has 1 aliphatic rings. The summed E-state index contributed by atoms with van der Waals surface area (Å²) in [6.07, 6.45) is 3.32. The lowest BCUT2D eigenvalue weighted by Crippen LogP contribution is -2.55. The van der Waals surface area contributed by atoms with Crippen LogP contribution >= 0.6 is 34.5 Å². The van der Waals surface area contributed by atoms with E-state index in [1.54, 1.807) is 47.6 Å². The molecule has 3 N–H and O–H groups in total. The number of methoxy groups -OCH3 is 3. The Morgan fingerprint density at radius 2 is 1.91 bits per heavy atom. The van der Waals surface area contributed by atoms with Gasteiger partial charge in [0.2, 0.25) is 0 Å². The van der Waals surface area contributed by atoms with Gasteiger partial charge in [-0.1, -0.05) is 34.5 Å². The van der Waals surface area contributed by atoms with Crippen LogP contribution in [-0.2, 0) is 18.9 Å². The van der Waals surface area contributed by atoms with Crippen molar-refractivity contribution in [1.29, 1.82) is 0 Å². The highest BCUT2D eigenvalue weighted by Crippen LogP contribution is 2.35. The first-order valence-corrected chi connectivity index (χ1v) is 15.1. The largest absolute Gasteiger partial charge is 0.462 e. The third-order valence-corrected chi connectivity index (χ3v) is 8.83. The Labute approximate surface area is 263 Å². The van der Waals surface area contributed by atoms with Crippen LogP contribution in [0.1, 0.15) is 39.2 Å². The normalized spacial score (nSPS) is 16.9. The zero-order chi connectivity index (χ0) is 31.1. The molecule has 4 rings (SSSR count). The van der Waals surface area contributed by atoms with Crippen LogP contribution in [0.5, 0.6) is 0 Å². The molecule has 0 radical (unpaired) electrons. The Bertz CT molecular complexity index is 1400. The molecule has 1 aliphatic heterocycles. The van der Waals surface area contributed by atoms with E-state index in [4.69, 9.17) is 47.1 Å². The fourth-order valence-electron chi connectivity index (χ4n) is 4.68. The lowest BCUT2D eigenvalue weighted by molar-refractivity contribution is 0.0531. The maximum absolute atomic E-state index is 13.0. The van der Waals surface area contributed by atoms with E-state index in [9.17, 15) is 9.59 Å². The van der Waals surface area contributed by atoms with Crippen LogP contribution in [0, 0.1) is 6.92 Å². The molecule has 4 heterocycles. The maximum Gasteiger partial charge on any atom is 0.350 e. The molecular weight excluding hydrogens is 621 g/mol. The predicted molar refractivity (Wildman–Crippen MR) is 165 cm³/mol. The summed E-state index contributed by atoms with van der Waals surface area (Å²) in [4.78, 5) is 44.9. The molecular formula is C27H35Cl2N7O6S. The summed E-state index contributed by atoms with van der Waals surface area (Å²) in [6, 6.07) is -0.401. The number of nitrogens with one attached hydrogen (secondary N) is 3. The van der Waals surface area contributed by atoms with Crippen molar-refractivity contribution in [1.82, 2.24) is 25.3 Å². The van der Waals surface area contributed by atoms with Crippen molar-refractivity contribution < 1.29 is 28.5 Å². The van der Waals surface area contributed by atoms with E-state index < -0.39 is 5.97 Å². The molecule has 2 atom stereocenters. The smallest absolute Gasteiger partial charge is 0.350 e. The number of carbonyl (C=O) groups is 2. The van der Waals surface area contributed by atoms with Crippen LogP contribution < -0.4 is 15.5 Å². The number of anilines is 2. The first kappa shape index (κ1) is 32.9. The van der Waals surface area contributed by atoms with Gasteiger partial charge in [0.15, 0.2) is 5.13 Å². The third-order valence-electron chi connectivity index (χ3n) is 6.79. The zero-order valence-electron chi connectivity index (χ0n) is 24.5. The van der Waals surface area contributed by atoms with E-state index in [1.165, 1.54) is 11.3 Å². The molecule has 0 saturated carbocycles. The van der Waals surface area contributed by atoms with E-state index >= 15 is 0 Å². The van der Waals surface area contributed by atoms with Crippen LogP contribution in [-0.4, -0.2) is 104 Å². The number of esters is 1. The highest BCUT2D eigenvalue weighted by Gasteiger charge is 2.34. The van der Waals surface area contributed by atoms with E-state index in [1.807, 2.05) is 4.90 Å². The molecule has 1 saturated heterocycles. The molecule has 3 aromatic rings. The summed E-state index contributed by atoms with van der Waals surface area (Å²) in [6.45, 7) is 5.52. The summed E-state index contributed by atoms with van der Waals surface area (Å²) >= 11 is 13.6. The minimum absolute atomic E-state index is 0.112. The molecule has 1 amide bonds. The first-order valence-electron chi connectivity index (χ1n) is 13.6. The van der Waals surface area contributed by atoms with Crippen molar-refractivity contribution in [2.24, 2.45) is 0 Å². The number of hydrogen-bond donors (Lipinski definition) is 3. The average molecular weight is 657 g/mol. The monoisotopic (exact) mass is 655 g/mol. The van der Waals surface area contributed by atoms with Crippen LogP contribution in [0.15, 0.2) is 12.4 Å². The highest BCUT2D eigenvalue weighted by molar-refractivity contribution is 7.17. The standard InChI is InChI=1S/C27H35Cl2N7O6S/c1-6-42-26(38)24-22(17-9-31-19(10-30-17)33-15(12-39-3)13-40-4)35-27(43-24)36-8-7-16(18(11-36)41-5)34-25(37)23-21(29)20(28)14(2)32-23/h9-10,15-16,18,32H,6-8,11-13H2,1-5H3,(H,31,33)(H,34,37)/t16-,18+/m1/s1. The fourth-order valence-corrected chi connectivity index (χ4v) is 6.10. The summed E-state index contributed by atoms with van der Waals surface area (Å²) in [5.41, 5.74) is 1.62. The SMILES string of the molecule is CCOC(=O)c1sc(N2CC[C@@H](NC(=O)c3[nH]c(C)c(Cl)c3Cl)[C@@H](OC)C2)nc1-c1cnc(NC(COC)COC)cn1. The second-order valence-electron chi connectivity index (χ2n) is 9.78. The van der Waals surface area contributed by atoms with Crippen molar-refractivity contribution in [3.63, 3.8) is 0 Å². The van der Waals surface area contributed by atoms with Gasteiger partial charge in [-0.15, -0.1) is 0 Å². The summed E-state index contributed by atoms with van der Waals surface area (Å²) < 4.78 is 21.5. The van der Waals surface area contributed by atoms with E-state index in [-0.39, 0.29) is 41.4 Å². The molecule has 0 bridgehead atoms. The van der Waals surface area contributed by atoms with Crippen molar-refractivity contribution >= 4 is 57.4 Å². The number of thiazole rings is 1. The number of H-pyrrole nitrogens is 1. The Hall–Kier alpha value is -3.01. The Morgan fingerprint density at radius 1 is 1.16 bits per heavy atom. The van der Waals surface area contributed by atoms with Gasteiger partial charge in [-0.2, -0.15) is 0 Å². The molecule has 234 valence electrons. The Morgan fingerprint density at radius 3 is 2.49 bits per heavy atom. The van der Waals surface area contributed by atoms with E-state index in [0.29, 0.717) is 70.7 Å². The molecule has 0 aliphatic carbocycles. The topological polar surface area (TPSA) is 153 Å².